The van der Waals surface area contributed by atoms with Crippen LogP contribution in [0.15, 0.2) is 42.5 Å². The monoisotopic (exact) mass is 465 g/mol. The topological polar surface area (TPSA) is 65.0 Å². The molecule has 3 rings (SSSR count). The van der Waals surface area contributed by atoms with Crippen LogP contribution < -0.4 is 10.1 Å². The van der Waals surface area contributed by atoms with Crippen LogP contribution in [0.4, 0.5) is 0 Å². The highest BCUT2D eigenvalue weighted by atomic mass is 35.5. The van der Waals surface area contributed by atoms with Crippen LogP contribution in [-0.4, -0.2) is 67.4 Å². The number of likely N-dealkylation sites (N-methyl/N-ethyl adjacent to an activating group) is 2. The summed E-state index contributed by atoms with van der Waals surface area (Å²) in [6, 6.07) is 13.2. The van der Waals surface area contributed by atoms with Gasteiger partial charge in [0.1, 0.15) is 5.75 Å². The lowest BCUT2D eigenvalue weighted by Gasteiger charge is -2.32. The van der Waals surface area contributed by atoms with E-state index < -0.39 is 0 Å². The van der Waals surface area contributed by atoms with Crippen molar-refractivity contribution in [3.8, 4) is 5.75 Å². The molecule has 168 valence electrons. The maximum Gasteiger partial charge on any atom is 0.227 e. The number of aliphatic hydroxyl groups is 1. The van der Waals surface area contributed by atoms with Gasteiger partial charge in [-0.2, -0.15) is 0 Å². The maximum atomic E-state index is 13.1. The molecule has 1 fully saturated rings. The molecule has 8 heteroatoms. The van der Waals surface area contributed by atoms with Gasteiger partial charge in [-0.05, 0) is 55.4 Å². The van der Waals surface area contributed by atoms with Crippen LogP contribution in [0.25, 0.3) is 0 Å². The highest BCUT2D eigenvalue weighted by Gasteiger charge is 2.28. The molecule has 0 bridgehead atoms. The summed E-state index contributed by atoms with van der Waals surface area (Å²) in [6.45, 7) is 2.31. The van der Waals surface area contributed by atoms with Gasteiger partial charge < -0.3 is 20.1 Å². The van der Waals surface area contributed by atoms with Crippen LogP contribution in [0.2, 0.25) is 10.0 Å². The average Bonchev–Trinajstić information content (AvgIpc) is 3.23. The molecular formula is C23H29Cl2N3O3. The van der Waals surface area contributed by atoms with E-state index in [0.29, 0.717) is 21.8 Å². The zero-order chi connectivity index (χ0) is 22.4. The van der Waals surface area contributed by atoms with Crippen molar-refractivity contribution in [1.82, 2.24) is 15.1 Å². The summed E-state index contributed by atoms with van der Waals surface area (Å²) in [5, 5.41) is 13.2. The van der Waals surface area contributed by atoms with Crippen molar-refractivity contribution in [2.45, 2.75) is 24.9 Å². The molecule has 0 spiro atoms. The first-order valence-electron chi connectivity index (χ1n) is 10.3. The number of halogens is 2. The Hall–Kier alpha value is -1.83. The molecule has 1 heterocycles. The van der Waals surface area contributed by atoms with Gasteiger partial charge in [0.15, 0.2) is 6.79 Å². The molecule has 1 saturated heterocycles. The lowest BCUT2D eigenvalue weighted by atomic mass is 10.0. The molecule has 0 radical (unpaired) electrons. The predicted molar refractivity (Wildman–Crippen MR) is 124 cm³/mol. The van der Waals surface area contributed by atoms with E-state index in [2.05, 4.69) is 10.2 Å². The van der Waals surface area contributed by atoms with Crippen molar-refractivity contribution in [1.29, 1.82) is 0 Å². The van der Waals surface area contributed by atoms with Crippen LogP contribution in [0.1, 0.15) is 23.6 Å². The molecule has 31 heavy (non-hydrogen) atoms. The molecule has 2 N–H and O–H groups in total. The molecular weight excluding hydrogens is 437 g/mol. The standard InChI is InChI=1S/C23H29Cl2N3O3/c1-26-18-9-10-28(13-18)14-22(17-4-6-19(7-5-17)31-15-29)27(2)23(30)12-16-3-8-20(24)21(25)11-16/h3-8,11,18,22,26,29H,9-10,12-15H2,1-2H3. The first kappa shape index (κ1) is 23.8. The number of benzene rings is 2. The Morgan fingerprint density at radius 2 is 2.00 bits per heavy atom. The van der Waals surface area contributed by atoms with Crippen molar-refractivity contribution in [3.63, 3.8) is 0 Å². The van der Waals surface area contributed by atoms with E-state index in [1.54, 1.807) is 17.0 Å². The fraction of sp³-hybridized carbons (Fsp3) is 0.435. The molecule has 0 aromatic heterocycles. The third kappa shape index (κ3) is 6.34. The van der Waals surface area contributed by atoms with Gasteiger partial charge in [-0.1, -0.05) is 41.4 Å². The highest BCUT2D eigenvalue weighted by molar-refractivity contribution is 6.42. The largest absolute Gasteiger partial charge is 0.468 e. The fourth-order valence-corrected chi connectivity index (χ4v) is 4.23. The summed E-state index contributed by atoms with van der Waals surface area (Å²) >= 11 is 12.1. The van der Waals surface area contributed by atoms with Gasteiger partial charge in [0, 0.05) is 26.2 Å². The van der Waals surface area contributed by atoms with Gasteiger partial charge in [0.05, 0.1) is 22.5 Å². The molecule has 2 aromatic carbocycles. The van der Waals surface area contributed by atoms with E-state index in [9.17, 15) is 4.79 Å². The second kappa shape index (κ2) is 11.2. The number of hydrogen-bond donors (Lipinski definition) is 2. The summed E-state index contributed by atoms with van der Waals surface area (Å²) < 4.78 is 5.14. The van der Waals surface area contributed by atoms with Crippen LogP contribution in [0.5, 0.6) is 5.75 Å². The third-order valence-corrected chi connectivity index (χ3v) is 6.55. The number of carbonyl (C=O) groups is 1. The minimum Gasteiger partial charge on any atom is -0.468 e. The van der Waals surface area contributed by atoms with Crippen LogP contribution in [0.3, 0.4) is 0 Å². The molecule has 0 saturated carbocycles. The minimum atomic E-state index is -0.371. The number of hydrogen-bond acceptors (Lipinski definition) is 5. The summed E-state index contributed by atoms with van der Waals surface area (Å²) in [4.78, 5) is 17.3. The van der Waals surface area contributed by atoms with Crippen LogP contribution in [-0.2, 0) is 11.2 Å². The van der Waals surface area contributed by atoms with Crippen LogP contribution >= 0.6 is 23.2 Å². The molecule has 2 aromatic rings. The molecule has 1 aliphatic heterocycles. The van der Waals surface area contributed by atoms with Gasteiger partial charge in [-0.25, -0.2) is 0 Å². The number of nitrogens with one attached hydrogen (secondary N) is 1. The van der Waals surface area contributed by atoms with Crippen molar-refractivity contribution in [2.24, 2.45) is 0 Å². The zero-order valence-corrected chi connectivity index (χ0v) is 19.4. The van der Waals surface area contributed by atoms with Crippen molar-refractivity contribution in [3.05, 3.63) is 63.6 Å². The van der Waals surface area contributed by atoms with Gasteiger partial charge >= 0.3 is 0 Å². The molecule has 2 unspecified atom stereocenters. The Labute approximate surface area is 193 Å². The smallest absolute Gasteiger partial charge is 0.227 e. The van der Waals surface area contributed by atoms with Gasteiger partial charge in [-0.3, -0.25) is 9.69 Å². The molecule has 1 amide bonds. The highest BCUT2D eigenvalue weighted by Crippen LogP contribution is 2.27. The lowest BCUT2D eigenvalue weighted by molar-refractivity contribution is -0.131. The van der Waals surface area contributed by atoms with Crippen molar-refractivity contribution in [2.75, 3.05) is 40.5 Å². The maximum absolute atomic E-state index is 13.1. The number of amides is 1. The fourth-order valence-electron chi connectivity index (χ4n) is 3.91. The number of ether oxygens (including phenoxy) is 1. The zero-order valence-electron chi connectivity index (χ0n) is 17.9. The number of nitrogens with zero attached hydrogens (tertiary/aromatic N) is 2. The Kier molecular flexibility index (Phi) is 8.58. The molecule has 1 aliphatic rings. The number of aliphatic hydroxyl groups excluding tert-OH is 1. The summed E-state index contributed by atoms with van der Waals surface area (Å²) in [6.07, 6.45) is 1.34. The number of rotatable bonds is 9. The first-order valence-corrected chi connectivity index (χ1v) is 11.1. The molecule has 0 aliphatic carbocycles. The average molecular weight is 466 g/mol. The number of carbonyl (C=O) groups excluding carboxylic acids is 1. The Morgan fingerprint density at radius 3 is 2.61 bits per heavy atom. The van der Waals surface area contributed by atoms with E-state index in [1.807, 2.05) is 44.4 Å². The number of likely N-dealkylation sites (tertiary alicyclic amines) is 1. The third-order valence-electron chi connectivity index (χ3n) is 5.81. The lowest BCUT2D eigenvalue weighted by Crippen LogP contribution is -2.40. The van der Waals surface area contributed by atoms with Gasteiger partial charge in [0.2, 0.25) is 5.91 Å². The Morgan fingerprint density at radius 1 is 1.26 bits per heavy atom. The first-order chi connectivity index (χ1) is 14.9. The summed E-state index contributed by atoms with van der Waals surface area (Å²) in [5.41, 5.74) is 1.84. The Balaban J connectivity index is 1.78. The van der Waals surface area contributed by atoms with E-state index in [0.717, 1.165) is 37.2 Å². The Bertz CT molecular complexity index is 879. The van der Waals surface area contributed by atoms with E-state index in [1.165, 1.54) is 0 Å². The SMILES string of the molecule is CNC1CCN(CC(c2ccc(OCO)cc2)N(C)C(=O)Cc2ccc(Cl)c(Cl)c2)C1. The predicted octanol–water partition coefficient (Wildman–Crippen LogP) is 3.36. The second-order valence-electron chi connectivity index (χ2n) is 7.82. The minimum absolute atomic E-state index is 0.00318. The second-order valence-corrected chi connectivity index (χ2v) is 8.64. The quantitative estimate of drug-likeness (QED) is 0.555. The van der Waals surface area contributed by atoms with Gasteiger partial charge in [0.25, 0.3) is 0 Å². The van der Waals surface area contributed by atoms with Gasteiger partial charge in [-0.15, -0.1) is 0 Å². The normalized spacial score (nSPS) is 17.5. The summed E-state index contributed by atoms with van der Waals surface area (Å²) in [7, 11) is 3.83. The summed E-state index contributed by atoms with van der Waals surface area (Å²) in [5.74, 6) is 0.592. The van der Waals surface area contributed by atoms with E-state index >= 15 is 0 Å². The molecule has 6 nitrogen and oxygen atoms in total. The van der Waals surface area contributed by atoms with Crippen LogP contribution in [0, 0.1) is 0 Å². The van der Waals surface area contributed by atoms with Crippen molar-refractivity contribution < 1.29 is 14.6 Å². The van der Waals surface area contributed by atoms with E-state index in [-0.39, 0.29) is 25.2 Å². The molecule has 2 atom stereocenters. The van der Waals surface area contributed by atoms with Crippen molar-refractivity contribution >= 4 is 29.1 Å². The van der Waals surface area contributed by atoms with E-state index in [4.69, 9.17) is 33.0 Å².